The van der Waals surface area contributed by atoms with Crippen LogP contribution in [0.15, 0.2) is 12.2 Å². The van der Waals surface area contributed by atoms with Gasteiger partial charge in [0.15, 0.2) is 0 Å². The lowest BCUT2D eigenvalue weighted by Gasteiger charge is -2.18. The van der Waals surface area contributed by atoms with Gasteiger partial charge < -0.3 is 14.7 Å². The Kier molecular flexibility index (Phi) is 28.5. The van der Waals surface area contributed by atoms with Gasteiger partial charge in [-0.3, -0.25) is 4.79 Å². The molecule has 0 rings (SSSR count). The fourth-order valence-electron chi connectivity index (χ4n) is 5.01. The molecule has 2 atom stereocenters. The number of allylic oxidation sites excluding steroid dienone is 1. The summed E-state index contributed by atoms with van der Waals surface area (Å²) in [4.78, 5) is 14.5. The van der Waals surface area contributed by atoms with Gasteiger partial charge in [-0.25, -0.2) is 0 Å². The molecule has 0 aromatic heterocycles. The van der Waals surface area contributed by atoms with Gasteiger partial charge in [0.25, 0.3) is 0 Å². The molecule has 4 heteroatoms. The molecule has 0 heterocycles. The van der Waals surface area contributed by atoms with Crippen molar-refractivity contribution in [3.63, 3.8) is 0 Å². The first kappa shape index (κ1) is 37.1. The van der Waals surface area contributed by atoms with Gasteiger partial charge in [0.05, 0.1) is 6.10 Å². The van der Waals surface area contributed by atoms with Crippen molar-refractivity contribution in [2.45, 2.75) is 180 Å². The van der Waals surface area contributed by atoms with Crippen molar-refractivity contribution >= 4 is 5.97 Å². The van der Waals surface area contributed by atoms with Crippen molar-refractivity contribution in [1.82, 2.24) is 4.90 Å². The van der Waals surface area contributed by atoms with Gasteiger partial charge in [-0.2, -0.15) is 0 Å². The zero-order valence-corrected chi connectivity index (χ0v) is 26.2. The van der Waals surface area contributed by atoms with E-state index in [9.17, 15) is 9.90 Å². The number of unbranched alkanes of at least 4 members (excludes halogenated alkanes) is 15. The van der Waals surface area contributed by atoms with Gasteiger partial charge in [0.1, 0.15) is 6.10 Å². The molecule has 0 aromatic carbocycles. The summed E-state index contributed by atoms with van der Waals surface area (Å²) >= 11 is 0. The molecular formula is C34H67NO3. The molecule has 38 heavy (non-hydrogen) atoms. The summed E-state index contributed by atoms with van der Waals surface area (Å²) in [6.07, 6.45) is 32.1. The van der Waals surface area contributed by atoms with Crippen molar-refractivity contribution in [3.8, 4) is 0 Å². The van der Waals surface area contributed by atoms with E-state index in [1.807, 2.05) is 14.1 Å². The van der Waals surface area contributed by atoms with Crippen LogP contribution in [0.25, 0.3) is 0 Å². The van der Waals surface area contributed by atoms with Crippen LogP contribution in [-0.4, -0.2) is 48.8 Å². The molecule has 0 aliphatic heterocycles. The van der Waals surface area contributed by atoms with E-state index in [4.69, 9.17) is 4.74 Å². The van der Waals surface area contributed by atoms with Crippen LogP contribution in [0.1, 0.15) is 168 Å². The number of ether oxygens (including phenoxy) is 1. The molecule has 0 fully saturated rings. The summed E-state index contributed by atoms with van der Waals surface area (Å²) in [6.45, 7) is 5.45. The number of hydrogen-bond donors (Lipinski definition) is 1. The van der Waals surface area contributed by atoms with Crippen molar-refractivity contribution in [3.05, 3.63) is 12.2 Å². The summed E-state index contributed by atoms with van der Waals surface area (Å²) in [7, 11) is 4.09. The van der Waals surface area contributed by atoms with Crippen LogP contribution in [0.2, 0.25) is 0 Å². The fraction of sp³-hybridized carbons (Fsp3) is 0.912. The second kappa shape index (κ2) is 29.1. The summed E-state index contributed by atoms with van der Waals surface area (Å²) in [5.41, 5.74) is 0. The first-order valence-electron chi connectivity index (χ1n) is 16.7. The van der Waals surface area contributed by atoms with E-state index in [0.29, 0.717) is 6.42 Å². The number of aliphatic hydroxyl groups is 1. The van der Waals surface area contributed by atoms with Crippen LogP contribution in [0, 0.1) is 0 Å². The lowest BCUT2D eigenvalue weighted by atomic mass is 10.0. The summed E-state index contributed by atoms with van der Waals surface area (Å²) in [6, 6.07) is 0. The lowest BCUT2D eigenvalue weighted by molar-refractivity contribution is -0.150. The second-order valence-corrected chi connectivity index (χ2v) is 11.8. The second-order valence-electron chi connectivity index (χ2n) is 11.8. The minimum absolute atomic E-state index is 0.0209. The molecule has 1 N–H and O–H groups in total. The quantitative estimate of drug-likeness (QED) is 0.0586. The van der Waals surface area contributed by atoms with Gasteiger partial charge in [-0.1, -0.05) is 116 Å². The maximum Gasteiger partial charge on any atom is 0.306 e. The Balaban J connectivity index is 4.01. The normalized spacial score (nSPS) is 13.4. The average molecular weight is 538 g/mol. The Bertz CT molecular complexity index is 520. The summed E-state index contributed by atoms with van der Waals surface area (Å²) in [5.74, 6) is -0.0209. The van der Waals surface area contributed by atoms with E-state index < -0.39 is 0 Å². The molecule has 2 unspecified atom stereocenters. The first-order valence-corrected chi connectivity index (χ1v) is 16.7. The van der Waals surface area contributed by atoms with E-state index in [2.05, 4.69) is 30.9 Å². The molecule has 0 aliphatic carbocycles. The highest BCUT2D eigenvalue weighted by atomic mass is 16.5. The van der Waals surface area contributed by atoms with Crippen LogP contribution in [0.4, 0.5) is 0 Å². The number of esters is 1. The van der Waals surface area contributed by atoms with Gasteiger partial charge in [0.2, 0.25) is 0 Å². The highest BCUT2D eigenvalue weighted by Gasteiger charge is 2.14. The van der Waals surface area contributed by atoms with Gasteiger partial charge in [0, 0.05) is 6.42 Å². The maximum absolute atomic E-state index is 12.4. The van der Waals surface area contributed by atoms with Crippen molar-refractivity contribution in [1.29, 1.82) is 0 Å². The van der Waals surface area contributed by atoms with Crippen LogP contribution >= 0.6 is 0 Å². The maximum atomic E-state index is 12.4. The van der Waals surface area contributed by atoms with E-state index in [1.165, 1.54) is 83.5 Å². The number of carbonyl (C=O) groups excluding carboxylic acids is 1. The highest BCUT2D eigenvalue weighted by molar-refractivity contribution is 5.69. The van der Waals surface area contributed by atoms with Crippen LogP contribution in [0.5, 0.6) is 0 Å². The Labute approximate surface area is 238 Å². The van der Waals surface area contributed by atoms with E-state index in [-0.39, 0.29) is 18.2 Å². The molecule has 0 aromatic rings. The molecule has 0 amide bonds. The Morgan fingerprint density at radius 1 is 0.684 bits per heavy atom. The largest absolute Gasteiger partial charge is 0.462 e. The molecular weight excluding hydrogens is 470 g/mol. The van der Waals surface area contributed by atoms with Gasteiger partial charge in [-0.15, -0.1) is 0 Å². The van der Waals surface area contributed by atoms with Gasteiger partial charge in [-0.05, 0) is 78.4 Å². The molecule has 0 aliphatic rings. The minimum atomic E-state index is -0.205. The molecule has 4 nitrogen and oxygen atoms in total. The molecule has 0 radical (unpaired) electrons. The Morgan fingerprint density at radius 3 is 1.74 bits per heavy atom. The van der Waals surface area contributed by atoms with Crippen LogP contribution < -0.4 is 0 Å². The number of aliphatic hydroxyl groups excluding tert-OH is 1. The van der Waals surface area contributed by atoms with Crippen molar-refractivity contribution < 1.29 is 14.6 Å². The molecule has 0 saturated heterocycles. The molecule has 0 saturated carbocycles. The summed E-state index contributed by atoms with van der Waals surface area (Å²) < 4.78 is 5.91. The monoisotopic (exact) mass is 538 g/mol. The van der Waals surface area contributed by atoms with E-state index in [1.54, 1.807) is 0 Å². The predicted octanol–water partition coefficient (Wildman–Crippen LogP) is 9.78. The third-order valence-corrected chi connectivity index (χ3v) is 7.53. The van der Waals surface area contributed by atoms with Crippen molar-refractivity contribution in [2.24, 2.45) is 0 Å². The first-order chi connectivity index (χ1) is 18.5. The lowest BCUT2D eigenvalue weighted by Crippen LogP contribution is -2.20. The summed E-state index contributed by atoms with van der Waals surface area (Å²) in [5, 5.41) is 10.3. The SMILES string of the molecule is CCCCCCCC/C=C/CC(O)CCCCCCC(CCCCCCCCC)OC(=O)CCCN(C)C. The Hall–Kier alpha value is -0.870. The fourth-order valence-corrected chi connectivity index (χ4v) is 5.01. The highest BCUT2D eigenvalue weighted by Crippen LogP contribution is 2.18. The smallest absolute Gasteiger partial charge is 0.306 e. The van der Waals surface area contributed by atoms with Crippen molar-refractivity contribution in [2.75, 3.05) is 20.6 Å². The number of rotatable bonds is 29. The van der Waals surface area contributed by atoms with E-state index in [0.717, 1.165) is 70.8 Å². The number of hydrogen-bond acceptors (Lipinski definition) is 4. The number of carbonyl (C=O) groups is 1. The number of nitrogens with zero attached hydrogens (tertiary/aromatic N) is 1. The molecule has 0 spiro atoms. The third kappa shape index (κ3) is 28.1. The molecule has 226 valence electrons. The third-order valence-electron chi connectivity index (χ3n) is 7.53. The zero-order chi connectivity index (χ0) is 28.1. The van der Waals surface area contributed by atoms with E-state index >= 15 is 0 Å². The standard InChI is InChI=1S/C34H67NO3/c1-5-7-9-11-13-14-16-17-21-26-32(36)27-22-19-20-24-29-33(28-23-18-15-12-10-8-6-2)38-34(37)30-25-31-35(3)4/h17,21,32-33,36H,5-16,18-20,22-31H2,1-4H3/b21-17+. The zero-order valence-electron chi connectivity index (χ0n) is 26.2. The van der Waals surface area contributed by atoms with Crippen LogP contribution in [-0.2, 0) is 9.53 Å². The minimum Gasteiger partial charge on any atom is -0.462 e. The molecule has 0 bridgehead atoms. The average Bonchev–Trinajstić information content (AvgIpc) is 2.88. The van der Waals surface area contributed by atoms with Crippen LogP contribution in [0.3, 0.4) is 0 Å². The topological polar surface area (TPSA) is 49.8 Å². The Morgan fingerprint density at radius 2 is 1.18 bits per heavy atom. The van der Waals surface area contributed by atoms with Gasteiger partial charge >= 0.3 is 5.97 Å². The predicted molar refractivity (Wildman–Crippen MR) is 166 cm³/mol.